The summed E-state index contributed by atoms with van der Waals surface area (Å²) in [5.74, 6) is 0.683. The minimum Gasteiger partial charge on any atom is -0.379 e. The van der Waals surface area contributed by atoms with E-state index in [4.69, 9.17) is 4.74 Å². The van der Waals surface area contributed by atoms with Crippen LogP contribution in [0.3, 0.4) is 0 Å². The topological polar surface area (TPSA) is 97.6 Å². The van der Waals surface area contributed by atoms with Crippen LogP contribution in [0.1, 0.15) is 18.5 Å². The number of nitrogens with one attached hydrogen (secondary N) is 2. The average Bonchev–Trinajstić information content (AvgIpc) is 3.17. The molecule has 0 radical (unpaired) electrons. The van der Waals surface area contributed by atoms with Crippen molar-refractivity contribution < 1.29 is 13.2 Å². The summed E-state index contributed by atoms with van der Waals surface area (Å²) in [7, 11) is -1.29. The zero-order valence-corrected chi connectivity index (χ0v) is 19.5. The molecule has 0 bridgehead atoms. The molecule has 8 nitrogen and oxygen atoms in total. The molecule has 28 heavy (non-hydrogen) atoms. The number of benzene rings is 1. The van der Waals surface area contributed by atoms with Gasteiger partial charge in [0, 0.05) is 32.2 Å². The molecular weight excluding hydrogens is 493 g/mol. The van der Waals surface area contributed by atoms with Gasteiger partial charge in [-0.3, -0.25) is 4.99 Å². The van der Waals surface area contributed by atoms with Crippen molar-refractivity contribution in [3.8, 4) is 5.69 Å². The van der Waals surface area contributed by atoms with E-state index >= 15 is 0 Å². The zero-order chi connectivity index (χ0) is 19.7. The first-order valence-corrected chi connectivity index (χ1v) is 10.8. The van der Waals surface area contributed by atoms with Crippen molar-refractivity contribution >= 4 is 39.8 Å². The van der Waals surface area contributed by atoms with E-state index in [1.54, 1.807) is 13.2 Å². The molecule has 0 saturated carbocycles. The van der Waals surface area contributed by atoms with Crippen molar-refractivity contribution in [2.45, 2.75) is 13.0 Å². The molecule has 1 aromatic carbocycles. The Kier molecular flexibility index (Phi) is 10.5. The minimum atomic E-state index is -2.99. The highest BCUT2D eigenvalue weighted by atomic mass is 127. The van der Waals surface area contributed by atoms with Crippen LogP contribution in [0.15, 0.2) is 47.7 Å². The van der Waals surface area contributed by atoms with Crippen LogP contribution in [-0.2, 0) is 14.6 Å². The lowest BCUT2D eigenvalue weighted by Gasteiger charge is -2.19. The summed E-state index contributed by atoms with van der Waals surface area (Å²) in [6.07, 6.45) is 4.85. The van der Waals surface area contributed by atoms with Crippen molar-refractivity contribution in [3.63, 3.8) is 0 Å². The maximum Gasteiger partial charge on any atom is 0.191 e. The van der Waals surface area contributed by atoms with Gasteiger partial charge < -0.3 is 15.4 Å². The SMILES string of the molecule is CN=C(NCCOCCS(C)(=O)=O)NC(C)c1cccc(-n2cccn2)c1.I. The highest BCUT2D eigenvalue weighted by molar-refractivity contribution is 14.0. The lowest BCUT2D eigenvalue weighted by atomic mass is 10.1. The lowest BCUT2D eigenvalue weighted by molar-refractivity contribution is 0.154. The third kappa shape index (κ3) is 8.57. The summed E-state index contributed by atoms with van der Waals surface area (Å²) in [4.78, 5) is 4.21. The van der Waals surface area contributed by atoms with Crippen LogP contribution < -0.4 is 10.6 Å². The summed E-state index contributed by atoms with van der Waals surface area (Å²) >= 11 is 0. The van der Waals surface area contributed by atoms with Crippen LogP contribution in [0, 0.1) is 0 Å². The van der Waals surface area contributed by atoms with Crippen molar-refractivity contribution in [1.82, 2.24) is 20.4 Å². The lowest BCUT2D eigenvalue weighted by Crippen LogP contribution is -2.40. The van der Waals surface area contributed by atoms with Gasteiger partial charge in [0.1, 0.15) is 9.84 Å². The third-order valence-corrected chi connectivity index (χ3v) is 4.76. The van der Waals surface area contributed by atoms with E-state index in [0.717, 1.165) is 11.3 Å². The molecule has 0 saturated heterocycles. The van der Waals surface area contributed by atoms with Gasteiger partial charge in [-0.1, -0.05) is 12.1 Å². The minimum absolute atomic E-state index is 0. The molecule has 1 aromatic heterocycles. The number of hydrogen-bond donors (Lipinski definition) is 2. The monoisotopic (exact) mass is 521 g/mol. The quantitative estimate of drug-likeness (QED) is 0.226. The largest absolute Gasteiger partial charge is 0.379 e. The van der Waals surface area contributed by atoms with E-state index in [0.29, 0.717) is 19.1 Å². The highest BCUT2D eigenvalue weighted by Gasteiger charge is 2.09. The second-order valence-corrected chi connectivity index (χ2v) is 8.41. The molecule has 1 atom stereocenters. The van der Waals surface area contributed by atoms with Gasteiger partial charge in [0.2, 0.25) is 0 Å². The van der Waals surface area contributed by atoms with Gasteiger partial charge in [-0.25, -0.2) is 13.1 Å². The van der Waals surface area contributed by atoms with Gasteiger partial charge in [0.25, 0.3) is 0 Å². The molecule has 0 aliphatic rings. The number of aliphatic imine (C=N–C) groups is 1. The Morgan fingerprint density at radius 2 is 2.11 bits per heavy atom. The fourth-order valence-corrected chi connectivity index (χ4v) is 2.82. The Hall–Kier alpha value is -1.66. The zero-order valence-electron chi connectivity index (χ0n) is 16.3. The predicted molar refractivity (Wildman–Crippen MR) is 122 cm³/mol. The standard InChI is InChI=1S/C18H27N5O3S.HI/c1-15(16-6-4-7-17(14-16)23-10-5-8-21-23)22-18(19-2)20-9-11-26-12-13-27(3,24)25;/h4-8,10,14-15H,9,11-13H2,1-3H3,(H2,19,20,22);1H. The average molecular weight is 521 g/mol. The molecule has 0 amide bonds. The maximum absolute atomic E-state index is 11.0. The molecule has 156 valence electrons. The molecule has 2 rings (SSSR count). The Morgan fingerprint density at radius 3 is 2.75 bits per heavy atom. The van der Waals surface area contributed by atoms with Gasteiger partial charge in [0.15, 0.2) is 5.96 Å². The van der Waals surface area contributed by atoms with Crippen molar-refractivity contribution in [3.05, 3.63) is 48.3 Å². The van der Waals surface area contributed by atoms with Gasteiger partial charge in [-0.2, -0.15) is 5.10 Å². The van der Waals surface area contributed by atoms with Crippen molar-refractivity contribution in [2.24, 2.45) is 4.99 Å². The van der Waals surface area contributed by atoms with E-state index in [1.807, 2.05) is 35.1 Å². The van der Waals surface area contributed by atoms with Crippen LogP contribution >= 0.6 is 24.0 Å². The molecule has 0 spiro atoms. The Balaban J connectivity index is 0.00000392. The molecule has 0 aliphatic heterocycles. The molecule has 0 aliphatic carbocycles. The van der Waals surface area contributed by atoms with Gasteiger partial charge in [0.05, 0.1) is 30.7 Å². The first-order valence-electron chi connectivity index (χ1n) is 8.71. The molecule has 2 N–H and O–H groups in total. The number of guanidine groups is 1. The predicted octanol–water partition coefficient (Wildman–Crippen LogP) is 1.78. The Morgan fingerprint density at radius 1 is 1.32 bits per heavy atom. The summed E-state index contributed by atoms with van der Waals surface area (Å²) in [6, 6.07) is 10.1. The molecule has 0 fully saturated rings. The Labute approximate surface area is 183 Å². The summed E-state index contributed by atoms with van der Waals surface area (Å²) < 4.78 is 29.2. The second-order valence-electron chi connectivity index (χ2n) is 6.15. The third-order valence-electron chi connectivity index (χ3n) is 3.85. The van der Waals surface area contributed by atoms with Crippen LogP contribution in [0.2, 0.25) is 0 Å². The first kappa shape index (κ1) is 24.4. The van der Waals surface area contributed by atoms with Crippen molar-refractivity contribution in [2.75, 3.05) is 38.8 Å². The van der Waals surface area contributed by atoms with Gasteiger partial charge in [-0.05, 0) is 30.7 Å². The molecule has 10 heteroatoms. The number of ether oxygens (including phenoxy) is 1. The fraction of sp³-hybridized carbons (Fsp3) is 0.444. The number of hydrogen-bond acceptors (Lipinski definition) is 5. The van der Waals surface area contributed by atoms with E-state index in [2.05, 4.69) is 33.7 Å². The smallest absolute Gasteiger partial charge is 0.191 e. The summed E-state index contributed by atoms with van der Waals surface area (Å²) in [5, 5.41) is 10.7. The van der Waals surface area contributed by atoms with Crippen LogP contribution in [0.4, 0.5) is 0 Å². The number of rotatable bonds is 9. The molecule has 1 heterocycles. The van der Waals surface area contributed by atoms with E-state index < -0.39 is 9.84 Å². The summed E-state index contributed by atoms with van der Waals surface area (Å²) in [5.41, 5.74) is 2.10. The fourth-order valence-electron chi connectivity index (χ4n) is 2.40. The maximum atomic E-state index is 11.0. The van der Waals surface area contributed by atoms with E-state index in [9.17, 15) is 8.42 Å². The number of sulfone groups is 1. The van der Waals surface area contributed by atoms with Crippen LogP contribution in [0.5, 0.6) is 0 Å². The first-order chi connectivity index (χ1) is 12.9. The van der Waals surface area contributed by atoms with Crippen LogP contribution in [0.25, 0.3) is 5.69 Å². The van der Waals surface area contributed by atoms with Crippen LogP contribution in [-0.4, -0.2) is 63.0 Å². The van der Waals surface area contributed by atoms with E-state index in [-0.39, 0.29) is 42.4 Å². The Bertz CT molecular complexity index is 841. The second kappa shape index (κ2) is 12.0. The highest BCUT2D eigenvalue weighted by Crippen LogP contribution is 2.16. The summed E-state index contributed by atoms with van der Waals surface area (Å²) in [6.45, 7) is 3.18. The van der Waals surface area contributed by atoms with E-state index in [1.165, 1.54) is 6.26 Å². The molecule has 1 unspecified atom stereocenters. The molecule has 2 aromatic rings. The van der Waals surface area contributed by atoms with Gasteiger partial charge >= 0.3 is 0 Å². The van der Waals surface area contributed by atoms with Gasteiger partial charge in [-0.15, -0.1) is 24.0 Å². The number of aromatic nitrogens is 2. The normalized spacial score (nSPS) is 12.9. The number of nitrogens with zero attached hydrogens (tertiary/aromatic N) is 3. The number of halogens is 1. The molecular formula is C18H28IN5O3S. The van der Waals surface area contributed by atoms with Crippen molar-refractivity contribution in [1.29, 1.82) is 0 Å².